The molecule has 0 fully saturated rings. The van der Waals surface area contributed by atoms with E-state index in [2.05, 4.69) is 11.9 Å². The number of allylic oxidation sites excluding steroid dienone is 1. The predicted molar refractivity (Wildman–Crippen MR) is 73.4 cm³/mol. The highest BCUT2D eigenvalue weighted by Gasteiger charge is 2.30. The van der Waals surface area contributed by atoms with E-state index in [0.717, 1.165) is 0 Å². The molecule has 1 atom stereocenters. The average molecular weight is 303 g/mol. The van der Waals surface area contributed by atoms with E-state index in [0.29, 0.717) is 22.0 Å². The zero-order chi connectivity index (χ0) is 14.5. The van der Waals surface area contributed by atoms with Gasteiger partial charge < -0.3 is 20.3 Å². The maximum atomic E-state index is 10.5. The average Bonchev–Trinajstić information content (AvgIpc) is 2.38. The number of amides is 1. The van der Waals surface area contributed by atoms with Gasteiger partial charge in [0.05, 0.1) is 16.7 Å². The van der Waals surface area contributed by atoms with Crippen LogP contribution in [0, 0.1) is 0 Å². The molecule has 104 valence electrons. The van der Waals surface area contributed by atoms with Crippen molar-refractivity contribution in [1.82, 2.24) is 5.32 Å². The molecule has 1 unspecified atom stereocenters. The Hall–Kier alpha value is -1.23. The number of halogens is 2. The number of aliphatic hydroxyl groups is 1. The summed E-state index contributed by atoms with van der Waals surface area (Å²) in [7, 11) is 0. The third-order valence-corrected chi connectivity index (χ3v) is 3.68. The molecule has 0 heterocycles. The second-order valence-corrected chi connectivity index (χ2v) is 5.02. The molecule has 0 aliphatic carbocycles. The van der Waals surface area contributed by atoms with Gasteiger partial charge in [-0.05, 0) is 24.1 Å². The molecular formula is C13H14Cl2NO3-. The lowest BCUT2D eigenvalue weighted by atomic mass is 9.78. The number of rotatable bonds is 6. The zero-order valence-electron chi connectivity index (χ0n) is 10.2. The van der Waals surface area contributed by atoms with Crippen molar-refractivity contribution in [1.29, 1.82) is 0 Å². The van der Waals surface area contributed by atoms with Crippen LogP contribution in [0.3, 0.4) is 0 Å². The van der Waals surface area contributed by atoms with Crippen molar-refractivity contribution in [3.8, 4) is 0 Å². The van der Waals surface area contributed by atoms with Crippen molar-refractivity contribution in [3.05, 3.63) is 46.5 Å². The zero-order valence-corrected chi connectivity index (χ0v) is 11.7. The van der Waals surface area contributed by atoms with Gasteiger partial charge in [-0.1, -0.05) is 35.3 Å². The van der Waals surface area contributed by atoms with Gasteiger partial charge in [0.25, 0.3) is 0 Å². The van der Waals surface area contributed by atoms with E-state index < -0.39 is 11.5 Å². The highest BCUT2D eigenvalue weighted by Crippen LogP contribution is 2.32. The first-order valence-corrected chi connectivity index (χ1v) is 6.33. The number of benzene rings is 1. The lowest BCUT2D eigenvalue weighted by Gasteiger charge is -2.32. The van der Waals surface area contributed by atoms with Gasteiger partial charge in [-0.15, -0.1) is 6.58 Å². The Morgan fingerprint density at radius 2 is 2.16 bits per heavy atom. The number of carboxylic acid groups (broad SMARTS) is 1. The third-order valence-electron chi connectivity index (χ3n) is 2.94. The molecule has 6 heteroatoms. The first-order chi connectivity index (χ1) is 8.95. The van der Waals surface area contributed by atoms with Gasteiger partial charge in [-0.2, -0.15) is 0 Å². The van der Waals surface area contributed by atoms with Crippen LogP contribution in [0.4, 0.5) is 4.79 Å². The molecule has 0 aliphatic heterocycles. The van der Waals surface area contributed by atoms with Crippen LogP contribution in [-0.2, 0) is 5.41 Å². The van der Waals surface area contributed by atoms with E-state index in [4.69, 9.17) is 23.2 Å². The first-order valence-electron chi connectivity index (χ1n) is 5.57. The summed E-state index contributed by atoms with van der Waals surface area (Å²) in [6.07, 6.45) is 0.583. The first kappa shape index (κ1) is 15.8. The topological polar surface area (TPSA) is 72.4 Å². The number of aliphatic hydroxyl groups excluding tert-OH is 1. The van der Waals surface area contributed by atoms with Crippen molar-refractivity contribution in [2.75, 3.05) is 13.2 Å². The normalized spacial score (nSPS) is 13.6. The Kier molecular flexibility index (Phi) is 5.66. The molecule has 0 aromatic heterocycles. The Morgan fingerprint density at radius 1 is 1.47 bits per heavy atom. The fourth-order valence-electron chi connectivity index (χ4n) is 1.85. The Balaban J connectivity index is 3.16. The molecule has 0 bridgehead atoms. The van der Waals surface area contributed by atoms with Crippen molar-refractivity contribution < 1.29 is 15.0 Å². The van der Waals surface area contributed by atoms with Crippen LogP contribution in [-0.4, -0.2) is 24.4 Å². The van der Waals surface area contributed by atoms with E-state index in [9.17, 15) is 15.0 Å². The second-order valence-electron chi connectivity index (χ2n) is 4.20. The molecule has 1 amide bonds. The fraction of sp³-hybridized carbons (Fsp3) is 0.308. The highest BCUT2D eigenvalue weighted by atomic mass is 35.5. The molecule has 19 heavy (non-hydrogen) atoms. The lowest BCUT2D eigenvalue weighted by molar-refractivity contribution is -0.251. The number of carbonyl (C=O) groups is 1. The number of hydrogen-bond donors (Lipinski definition) is 2. The second kappa shape index (κ2) is 6.80. The monoisotopic (exact) mass is 302 g/mol. The van der Waals surface area contributed by atoms with Gasteiger partial charge in [0, 0.05) is 12.0 Å². The summed E-state index contributed by atoms with van der Waals surface area (Å²) in [5, 5.41) is 23.1. The summed E-state index contributed by atoms with van der Waals surface area (Å²) in [5.41, 5.74) is -0.159. The van der Waals surface area contributed by atoms with Gasteiger partial charge in [0.15, 0.2) is 0 Å². The van der Waals surface area contributed by atoms with Gasteiger partial charge in [0.2, 0.25) is 0 Å². The summed E-state index contributed by atoms with van der Waals surface area (Å²) in [6, 6.07) is 4.91. The van der Waals surface area contributed by atoms with Gasteiger partial charge in [-0.25, -0.2) is 0 Å². The van der Waals surface area contributed by atoms with Gasteiger partial charge in [0.1, 0.15) is 6.09 Å². The summed E-state index contributed by atoms with van der Waals surface area (Å²) < 4.78 is 0. The molecule has 0 saturated heterocycles. The van der Waals surface area contributed by atoms with Gasteiger partial charge >= 0.3 is 0 Å². The lowest BCUT2D eigenvalue weighted by Crippen LogP contribution is -2.47. The molecule has 1 aromatic rings. The molecular weight excluding hydrogens is 289 g/mol. The van der Waals surface area contributed by atoms with Crippen LogP contribution in [0.15, 0.2) is 30.9 Å². The minimum absolute atomic E-state index is 0.00415. The minimum Gasteiger partial charge on any atom is -0.530 e. The highest BCUT2D eigenvalue weighted by molar-refractivity contribution is 6.42. The number of carbonyl (C=O) groups excluding carboxylic acids is 1. The quantitative estimate of drug-likeness (QED) is 0.786. The van der Waals surface area contributed by atoms with E-state index >= 15 is 0 Å². The van der Waals surface area contributed by atoms with Crippen LogP contribution in [0.25, 0.3) is 0 Å². The van der Waals surface area contributed by atoms with E-state index in [1.807, 2.05) is 0 Å². The van der Waals surface area contributed by atoms with E-state index in [1.165, 1.54) is 0 Å². The van der Waals surface area contributed by atoms with E-state index in [-0.39, 0.29) is 13.2 Å². The minimum atomic E-state index is -1.40. The Bertz CT molecular complexity index is 479. The third kappa shape index (κ3) is 3.86. The van der Waals surface area contributed by atoms with Crippen LogP contribution in [0.5, 0.6) is 0 Å². The smallest absolute Gasteiger partial charge is 0.134 e. The Labute approximate surface area is 121 Å². The van der Waals surface area contributed by atoms with Crippen molar-refractivity contribution >= 4 is 29.3 Å². The summed E-state index contributed by atoms with van der Waals surface area (Å²) in [6.45, 7) is 3.35. The summed E-state index contributed by atoms with van der Waals surface area (Å²) >= 11 is 11.8. The molecule has 0 aliphatic rings. The number of hydrogen-bond acceptors (Lipinski definition) is 3. The van der Waals surface area contributed by atoms with Crippen molar-refractivity contribution in [2.45, 2.75) is 11.8 Å². The molecule has 4 nitrogen and oxygen atoms in total. The van der Waals surface area contributed by atoms with Crippen LogP contribution in [0.2, 0.25) is 10.0 Å². The Morgan fingerprint density at radius 3 is 2.63 bits per heavy atom. The molecule has 0 saturated carbocycles. The summed E-state index contributed by atoms with van der Waals surface area (Å²) in [4.78, 5) is 10.5. The van der Waals surface area contributed by atoms with Gasteiger partial charge in [-0.3, -0.25) is 0 Å². The predicted octanol–water partition coefficient (Wildman–Crippen LogP) is 1.73. The largest absolute Gasteiger partial charge is 0.530 e. The maximum Gasteiger partial charge on any atom is 0.134 e. The molecule has 0 spiro atoms. The standard InChI is InChI=1S/C13H15Cl2NO3/c1-2-5-13(8-17,7-16-12(18)19)9-3-4-10(14)11(15)6-9/h2-4,6,16-17H,1,5,7-8H2,(H,18,19)/p-1. The fourth-order valence-corrected chi connectivity index (χ4v) is 2.15. The van der Waals surface area contributed by atoms with Crippen molar-refractivity contribution in [3.63, 3.8) is 0 Å². The molecule has 1 aromatic carbocycles. The SMILES string of the molecule is C=CCC(CO)(CNC(=O)[O-])c1ccc(Cl)c(Cl)c1. The summed E-state index contributed by atoms with van der Waals surface area (Å²) in [5.74, 6) is 0. The number of nitrogens with one attached hydrogen (secondary N) is 1. The van der Waals surface area contributed by atoms with Crippen LogP contribution in [0.1, 0.15) is 12.0 Å². The van der Waals surface area contributed by atoms with E-state index in [1.54, 1.807) is 24.3 Å². The molecule has 0 radical (unpaired) electrons. The maximum absolute atomic E-state index is 10.5. The van der Waals surface area contributed by atoms with Crippen LogP contribution < -0.4 is 10.4 Å². The molecule has 2 N–H and O–H groups in total. The van der Waals surface area contributed by atoms with Crippen LogP contribution >= 0.6 is 23.2 Å². The van der Waals surface area contributed by atoms with Crippen molar-refractivity contribution in [2.24, 2.45) is 0 Å². The molecule has 1 rings (SSSR count).